The van der Waals surface area contributed by atoms with Crippen molar-refractivity contribution in [3.05, 3.63) is 53.1 Å². The molecule has 5 nitrogen and oxygen atoms in total. The Hall–Kier alpha value is -3.63. The molecular weight excluding hydrogens is 475 g/mol. The predicted molar refractivity (Wildman–Crippen MR) is 93.7 cm³/mol. The van der Waals surface area contributed by atoms with Crippen LogP contribution in [0.1, 0.15) is 21.5 Å². The van der Waals surface area contributed by atoms with Gasteiger partial charge in [-0.25, -0.2) is 0 Å². The number of rotatable bonds is 6. The third-order valence-corrected chi connectivity index (χ3v) is 3.70. The molecular formula is C19H11F9N2O3. The van der Waals surface area contributed by atoms with Gasteiger partial charge in [0.2, 0.25) is 0 Å². The minimum absolute atomic E-state index is 0.396. The number of nitriles is 1. The standard InChI is InChI=1S/C19H11F9N2O3/c20-17(21,22)8-32-14-5-4-12(15(13(14)7-29)33-9-18(23,24)25)16(31)30-11-3-1-2-10(6-11)19(26,27)28/h1-6H,8-9H2,(H,30,31). The lowest BCUT2D eigenvalue weighted by atomic mass is 10.1. The molecule has 0 unspecified atom stereocenters. The zero-order chi connectivity index (χ0) is 25.0. The van der Waals surface area contributed by atoms with Gasteiger partial charge in [0, 0.05) is 5.69 Å². The molecule has 0 aliphatic carbocycles. The third-order valence-electron chi connectivity index (χ3n) is 3.70. The molecule has 178 valence electrons. The van der Waals surface area contributed by atoms with E-state index >= 15 is 0 Å². The third kappa shape index (κ3) is 7.48. The lowest BCUT2D eigenvalue weighted by molar-refractivity contribution is -0.154. The van der Waals surface area contributed by atoms with Gasteiger partial charge in [-0.05, 0) is 30.3 Å². The van der Waals surface area contributed by atoms with Gasteiger partial charge < -0.3 is 14.8 Å². The minimum Gasteiger partial charge on any atom is -0.483 e. The molecule has 14 heteroatoms. The highest BCUT2D eigenvalue weighted by Gasteiger charge is 2.33. The summed E-state index contributed by atoms with van der Waals surface area (Å²) in [4.78, 5) is 12.5. The molecule has 0 aliphatic rings. The number of anilines is 1. The number of hydrogen-bond donors (Lipinski definition) is 1. The Morgan fingerprint density at radius 1 is 0.909 bits per heavy atom. The van der Waals surface area contributed by atoms with Crippen molar-refractivity contribution < 1.29 is 53.8 Å². The van der Waals surface area contributed by atoms with Crippen molar-refractivity contribution in [3.63, 3.8) is 0 Å². The number of amides is 1. The fraction of sp³-hybridized carbons (Fsp3) is 0.263. The van der Waals surface area contributed by atoms with Crippen LogP contribution >= 0.6 is 0 Å². The van der Waals surface area contributed by atoms with Crippen molar-refractivity contribution in [2.24, 2.45) is 0 Å². The minimum atomic E-state index is -4.95. The number of benzene rings is 2. The number of nitrogens with zero attached hydrogens (tertiary/aromatic N) is 1. The maximum Gasteiger partial charge on any atom is 0.422 e. The van der Waals surface area contributed by atoms with E-state index in [1.807, 2.05) is 5.32 Å². The molecule has 0 heterocycles. The van der Waals surface area contributed by atoms with E-state index in [4.69, 9.17) is 0 Å². The average Bonchev–Trinajstić information content (AvgIpc) is 2.68. The first kappa shape index (κ1) is 25.6. The number of alkyl halides is 9. The maximum absolute atomic E-state index is 12.8. The maximum atomic E-state index is 12.8. The normalized spacial score (nSPS) is 12.1. The Labute approximate surface area is 179 Å². The van der Waals surface area contributed by atoms with Crippen LogP contribution in [-0.2, 0) is 6.18 Å². The van der Waals surface area contributed by atoms with Crippen molar-refractivity contribution >= 4 is 11.6 Å². The molecule has 0 radical (unpaired) electrons. The summed E-state index contributed by atoms with van der Waals surface area (Å²) in [5.74, 6) is -3.16. The van der Waals surface area contributed by atoms with Crippen LogP contribution in [0.15, 0.2) is 36.4 Å². The summed E-state index contributed by atoms with van der Waals surface area (Å²) >= 11 is 0. The first-order valence-electron chi connectivity index (χ1n) is 8.55. The summed E-state index contributed by atoms with van der Waals surface area (Å²) in [7, 11) is 0. The molecule has 0 aliphatic heterocycles. The Morgan fingerprint density at radius 2 is 1.52 bits per heavy atom. The van der Waals surface area contributed by atoms with Gasteiger partial charge in [-0.1, -0.05) is 6.07 Å². The van der Waals surface area contributed by atoms with Crippen LogP contribution in [0.5, 0.6) is 11.5 Å². The highest BCUT2D eigenvalue weighted by atomic mass is 19.4. The number of ether oxygens (including phenoxy) is 2. The quantitative estimate of drug-likeness (QED) is 0.531. The predicted octanol–water partition coefficient (Wildman–Crippen LogP) is 5.71. The van der Waals surface area contributed by atoms with Crippen molar-refractivity contribution in [2.45, 2.75) is 18.5 Å². The van der Waals surface area contributed by atoms with Crippen LogP contribution in [0.25, 0.3) is 0 Å². The second-order valence-electron chi connectivity index (χ2n) is 6.27. The van der Waals surface area contributed by atoms with Gasteiger partial charge in [0.05, 0.1) is 11.1 Å². The van der Waals surface area contributed by atoms with Gasteiger partial charge in [-0.2, -0.15) is 44.8 Å². The molecule has 0 bridgehead atoms. The summed E-state index contributed by atoms with van der Waals surface area (Å²) in [6.45, 7) is -3.91. The Morgan fingerprint density at radius 3 is 2.06 bits per heavy atom. The Balaban J connectivity index is 2.45. The van der Waals surface area contributed by atoms with Gasteiger partial charge in [-0.3, -0.25) is 4.79 Å². The van der Waals surface area contributed by atoms with E-state index in [9.17, 15) is 49.6 Å². The molecule has 0 aromatic heterocycles. The van der Waals surface area contributed by atoms with E-state index in [0.29, 0.717) is 24.3 Å². The summed E-state index contributed by atoms with van der Waals surface area (Å²) in [5.41, 5.74) is -3.23. The van der Waals surface area contributed by atoms with Crippen LogP contribution in [0.3, 0.4) is 0 Å². The fourth-order valence-electron chi connectivity index (χ4n) is 2.40. The average molecular weight is 486 g/mol. The van der Waals surface area contributed by atoms with Crippen molar-refractivity contribution in [3.8, 4) is 17.6 Å². The van der Waals surface area contributed by atoms with Gasteiger partial charge >= 0.3 is 18.5 Å². The molecule has 2 rings (SSSR count). The van der Waals surface area contributed by atoms with E-state index in [2.05, 4.69) is 9.47 Å². The monoisotopic (exact) mass is 486 g/mol. The van der Waals surface area contributed by atoms with E-state index in [1.54, 1.807) is 0 Å². The molecule has 0 fully saturated rings. The SMILES string of the molecule is N#Cc1c(OCC(F)(F)F)ccc(C(=O)Nc2cccc(C(F)(F)F)c2)c1OCC(F)(F)F. The lowest BCUT2D eigenvalue weighted by Crippen LogP contribution is -2.23. The summed E-state index contributed by atoms with van der Waals surface area (Å²) < 4.78 is 123. The molecule has 2 aromatic rings. The number of hydrogen-bond acceptors (Lipinski definition) is 4. The van der Waals surface area contributed by atoms with E-state index in [0.717, 1.165) is 12.1 Å². The molecule has 1 N–H and O–H groups in total. The number of carbonyl (C=O) groups is 1. The van der Waals surface area contributed by atoms with Crippen LogP contribution < -0.4 is 14.8 Å². The second kappa shape index (κ2) is 9.47. The summed E-state index contributed by atoms with van der Waals surface area (Å²) in [6, 6.07) is 5.98. The van der Waals surface area contributed by atoms with Crippen LogP contribution in [0.4, 0.5) is 45.2 Å². The highest BCUT2D eigenvalue weighted by molar-refractivity contribution is 6.07. The van der Waals surface area contributed by atoms with Gasteiger partial charge in [-0.15, -0.1) is 0 Å². The van der Waals surface area contributed by atoms with Gasteiger partial charge in [0.25, 0.3) is 5.91 Å². The van der Waals surface area contributed by atoms with Gasteiger partial charge in [0.15, 0.2) is 19.0 Å². The molecule has 1 amide bonds. The van der Waals surface area contributed by atoms with Crippen LogP contribution in [0, 0.1) is 11.3 Å². The number of halogens is 9. The van der Waals surface area contributed by atoms with E-state index < -0.39 is 71.5 Å². The molecule has 0 spiro atoms. The van der Waals surface area contributed by atoms with Crippen molar-refractivity contribution in [2.75, 3.05) is 18.5 Å². The van der Waals surface area contributed by atoms with E-state index in [-0.39, 0.29) is 0 Å². The van der Waals surface area contributed by atoms with Crippen LogP contribution in [-0.4, -0.2) is 31.5 Å². The van der Waals surface area contributed by atoms with Crippen molar-refractivity contribution in [1.82, 2.24) is 0 Å². The summed E-state index contributed by atoms with van der Waals surface area (Å²) in [5, 5.41) is 11.3. The molecule has 33 heavy (non-hydrogen) atoms. The summed E-state index contributed by atoms with van der Waals surface area (Å²) in [6.07, 6.45) is -14.6. The smallest absolute Gasteiger partial charge is 0.422 e. The molecule has 0 saturated carbocycles. The Kier molecular flexibility index (Phi) is 7.36. The fourth-order valence-corrected chi connectivity index (χ4v) is 2.40. The molecule has 2 aromatic carbocycles. The molecule has 0 atom stereocenters. The highest BCUT2D eigenvalue weighted by Crippen LogP contribution is 2.35. The first-order chi connectivity index (χ1) is 15.1. The second-order valence-corrected chi connectivity index (χ2v) is 6.27. The van der Waals surface area contributed by atoms with Gasteiger partial charge in [0.1, 0.15) is 17.4 Å². The largest absolute Gasteiger partial charge is 0.483 e. The topological polar surface area (TPSA) is 71.3 Å². The van der Waals surface area contributed by atoms with Crippen LogP contribution in [0.2, 0.25) is 0 Å². The first-order valence-corrected chi connectivity index (χ1v) is 8.55. The number of nitrogens with one attached hydrogen (secondary N) is 1. The lowest BCUT2D eigenvalue weighted by Gasteiger charge is -2.18. The zero-order valence-corrected chi connectivity index (χ0v) is 16.0. The number of carbonyl (C=O) groups excluding carboxylic acids is 1. The molecule has 0 saturated heterocycles. The van der Waals surface area contributed by atoms with E-state index in [1.165, 1.54) is 6.07 Å². The zero-order valence-electron chi connectivity index (χ0n) is 16.0. The Bertz CT molecular complexity index is 1050. The van der Waals surface area contributed by atoms with Crippen molar-refractivity contribution in [1.29, 1.82) is 5.26 Å².